The molecule has 3 rings (SSSR count). The van der Waals surface area contributed by atoms with Crippen molar-refractivity contribution in [1.82, 2.24) is 14.9 Å². The van der Waals surface area contributed by atoms with Gasteiger partial charge in [0.15, 0.2) is 0 Å². The van der Waals surface area contributed by atoms with E-state index in [4.69, 9.17) is 4.98 Å². The van der Waals surface area contributed by atoms with Gasteiger partial charge in [-0.05, 0) is 57.4 Å². The zero-order chi connectivity index (χ0) is 14.1. The fourth-order valence-electron chi connectivity index (χ4n) is 3.47. The molecule has 0 spiro atoms. The molecular formula is C17H25N3. The molecule has 1 aliphatic heterocycles. The van der Waals surface area contributed by atoms with Gasteiger partial charge in [0.25, 0.3) is 0 Å². The van der Waals surface area contributed by atoms with Crippen molar-refractivity contribution < 1.29 is 0 Å². The molecule has 1 fully saturated rings. The number of aromatic amines is 1. The number of fused-ring (bicyclic) bond motifs is 1. The van der Waals surface area contributed by atoms with Crippen LogP contribution < -0.4 is 0 Å². The first-order valence-corrected chi connectivity index (χ1v) is 7.91. The second-order valence-corrected chi connectivity index (χ2v) is 6.15. The number of aryl methyl sites for hydroxylation is 1. The molecule has 1 aromatic heterocycles. The number of H-pyrrole nitrogens is 1. The van der Waals surface area contributed by atoms with E-state index in [1.165, 1.54) is 36.9 Å². The number of hydrogen-bond donors (Lipinski definition) is 1. The molecule has 0 saturated carbocycles. The number of rotatable bonds is 3. The average Bonchev–Trinajstić information content (AvgIpc) is 2.84. The Balaban J connectivity index is 1.94. The summed E-state index contributed by atoms with van der Waals surface area (Å²) in [6.45, 7) is 7.96. The fraction of sp³-hybridized carbons (Fsp3) is 0.588. The Kier molecular flexibility index (Phi) is 3.79. The van der Waals surface area contributed by atoms with Gasteiger partial charge >= 0.3 is 0 Å². The molecule has 1 N–H and O–H groups in total. The van der Waals surface area contributed by atoms with Gasteiger partial charge in [0, 0.05) is 6.04 Å². The van der Waals surface area contributed by atoms with Crippen molar-refractivity contribution in [3.05, 3.63) is 29.6 Å². The summed E-state index contributed by atoms with van der Waals surface area (Å²) in [6.07, 6.45) is 5.12. The molecule has 2 atom stereocenters. The molecule has 108 valence electrons. The minimum absolute atomic E-state index is 0.429. The summed E-state index contributed by atoms with van der Waals surface area (Å²) < 4.78 is 0. The second-order valence-electron chi connectivity index (χ2n) is 6.15. The van der Waals surface area contributed by atoms with Crippen LogP contribution in [0.25, 0.3) is 11.0 Å². The molecule has 2 heterocycles. The summed E-state index contributed by atoms with van der Waals surface area (Å²) in [7, 11) is 0. The lowest BCUT2D eigenvalue weighted by atomic mass is 10.00. The van der Waals surface area contributed by atoms with Gasteiger partial charge in [-0.3, -0.25) is 4.90 Å². The number of piperidine rings is 1. The van der Waals surface area contributed by atoms with Crippen LogP contribution in [0.5, 0.6) is 0 Å². The molecular weight excluding hydrogens is 246 g/mol. The standard InChI is InChI=1S/C17H25N3/c1-4-16(20-10-6-5-7-13(20)3)17-18-14-9-8-12(2)11-15(14)19-17/h8-9,11,13,16H,4-7,10H2,1-3H3,(H,18,19). The predicted molar refractivity (Wildman–Crippen MR) is 83.9 cm³/mol. The van der Waals surface area contributed by atoms with Crippen molar-refractivity contribution in [3.63, 3.8) is 0 Å². The van der Waals surface area contributed by atoms with E-state index in [0.29, 0.717) is 12.1 Å². The molecule has 3 heteroatoms. The van der Waals surface area contributed by atoms with Gasteiger partial charge in [0.05, 0.1) is 17.1 Å². The van der Waals surface area contributed by atoms with Gasteiger partial charge in [-0.1, -0.05) is 19.4 Å². The van der Waals surface area contributed by atoms with Crippen molar-refractivity contribution in [3.8, 4) is 0 Å². The molecule has 2 unspecified atom stereocenters. The normalized spacial score (nSPS) is 22.2. The van der Waals surface area contributed by atoms with Crippen LogP contribution in [0.1, 0.15) is 57.0 Å². The minimum Gasteiger partial charge on any atom is -0.341 e. The first kappa shape index (κ1) is 13.6. The van der Waals surface area contributed by atoms with E-state index in [9.17, 15) is 0 Å². The molecule has 0 bridgehead atoms. The predicted octanol–water partition coefficient (Wildman–Crippen LogP) is 4.20. The Labute approximate surface area is 121 Å². The highest BCUT2D eigenvalue weighted by Crippen LogP contribution is 2.30. The van der Waals surface area contributed by atoms with E-state index < -0.39 is 0 Å². The quantitative estimate of drug-likeness (QED) is 0.907. The Bertz CT molecular complexity index is 587. The third-order valence-electron chi connectivity index (χ3n) is 4.61. The maximum Gasteiger partial charge on any atom is 0.124 e. The van der Waals surface area contributed by atoms with E-state index >= 15 is 0 Å². The van der Waals surface area contributed by atoms with Crippen molar-refractivity contribution in [2.24, 2.45) is 0 Å². The van der Waals surface area contributed by atoms with Gasteiger partial charge < -0.3 is 4.98 Å². The third kappa shape index (κ3) is 2.47. The van der Waals surface area contributed by atoms with E-state index in [1.807, 2.05) is 0 Å². The Morgan fingerprint density at radius 1 is 1.40 bits per heavy atom. The van der Waals surface area contributed by atoms with Crippen LogP contribution in [0.3, 0.4) is 0 Å². The molecule has 1 saturated heterocycles. The van der Waals surface area contributed by atoms with Gasteiger partial charge in [0.1, 0.15) is 5.82 Å². The molecule has 1 aromatic carbocycles. The average molecular weight is 271 g/mol. The minimum atomic E-state index is 0.429. The first-order valence-electron chi connectivity index (χ1n) is 7.91. The molecule has 0 amide bonds. The molecule has 0 radical (unpaired) electrons. The van der Waals surface area contributed by atoms with E-state index in [-0.39, 0.29) is 0 Å². The SMILES string of the molecule is CCC(c1nc2ccc(C)cc2[nH]1)N1CCCCC1C. The summed E-state index contributed by atoms with van der Waals surface area (Å²) in [4.78, 5) is 11.0. The molecule has 2 aromatic rings. The van der Waals surface area contributed by atoms with Gasteiger partial charge in [0.2, 0.25) is 0 Å². The summed E-state index contributed by atoms with van der Waals surface area (Å²) in [6, 6.07) is 7.55. The number of benzene rings is 1. The van der Waals surface area contributed by atoms with E-state index in [0.717, 1.165) is 17.8 Å². The van der Waals surface area contributed by atoms with Crippen LogP contribution in [-0.4, -0.2) is 27.5 Å². The largest absolute Gasteiger partial charge is 0.341 e. The Hall–Kier alpha value is -1.35. The second kappa shape index (κ2) is 5.57. The van der Waals surface area contributed by atoms with Crippen molar-refractivity contribution in [2.45, 2.75) is 58.5 Å². The monoisotopic (exact) mass is 271 g/mol. The molecule has 0 aliphatic carbocycles. The van der Waals surface area contributed by atoms with Crippen molar-refractivity contribution in [2.75, 3.05) is 6.54 Å². The van der Waals surface area contributed by atoms with Crippen LogP contribution >= 0.6 is 0 Å². The number of aromatic nitrogens is 2. The Morgan fingerprint density at radius 2 is 2.25 bits per heavy atom. The van der Waals surface area contributed by atoms with Crippen LogP contribution in [0.2, 0.25) is 0 Å². The summed E-state index contributed by atoms with van der Waals surface area (Å²) in [5.41, 5.74) is 3.55. The van der Waals surface area contributed by atoms with Crippen molar-refractivity contribution in [1.29, 1.82) is 0 Å². The highest BCUT2D eigenvalue weighted by molar-refractivity contribution is 5.75. The van der Waals surface area contributed by atoms with Gasteiger partial charge in [-0.25, -0.2) is 4.98 Å². The molecule has 1 aliphatic rings. The van der Waals surface area contributed by atoms with E-state index in [2.05, 4.69) is 48.9 Å². The zero-order valence-corrected chi connectivity index (χ0v) is 12.8. The first-order chi connectivity index (χ1) is 9.69. The van der Waals surface area contributed by atoms with Crippen LogP contribution in [-0.2, 0) is 0 Å². The summed E-state index contributed by atoms with van der Waals surface area (Å²) in [5, 5.41) is 0. The third-order valence-corrected chi connectivity index (χ3v) is 4.61. The van der Waals surface area contributed by atoms with E-state index in [1.54, 1.807) is 0 Å². The van der Waals surface area contributed by atoms with Gasteiger partial charge in [-0.15, -0.1) is 0 Å². The highest BCUT2D eigenvalue weighted by Gasteiger charge is 2.27. The van der Waals surface area contributed by atoms with Crippen LogP contribution in [0.4, 0.5) is 0 Å². The fourth-order valence-corrected chi connectivity index (χ4v) is 3.47. The zero-order valence-electron chi connectivity index (χ0n) is 12.8. The lowest BCUT2D eigenvalue weighted by Crippen LogP contribution is -2.40. The van der Waals surface area contributed by atoms with Gasteiger partial charge in [-0.2, -0.15) is 0 Å². The molecule has 20 heavy (non-hydrogen) atoms. The number of imidazole rings is 1. The maximum atomic E-state index is 4.84. The van der Waals surface area contributed by atoms with Crippen molar-refractivity contribution >= 4 is 11.0 Å². The number of likely N-dealkylation sites (tertiary alicyclic amines) is 1. The number of nitrogens with one attached hydrogen (secondary N) is 1. The summed E-state index contributed by atoms with van der Waals surface area (Å²) >= 11 is 0. The lowest BCUT2D eigenvalue weighted by molar-refractivity contribution is 0.0979. The molecule has 3 nitrogen and oxygen atoms in total. The number of nitrogens with zero attached hydrogens (tertiary/aromatic N) is 2. The number of hydrogen-bond acceptors (Lipinski definition) is 2. The summed E-state index contributed by atoms with van der Waals surface area (Å²) in [5.74, 6) is 1.14. The van der Waals surface area contributed by atoms with Crippen LogP contribution in [0, 0.1) is 6.92 Å². The Morgan fingerprint density at radius 3 is 3.00 bits per heavy atom. The smallest absolute Gasteiger partial charge is 0.124 e. The topological polar surface area (TPSA) is 31.9 Å². The maximum absolute atomic E-state index is 4.84. The highest BCUT2D eigenvalue weighted by atomic mass is 15.2. The lowest BCUT2D eigenvalue weighted by Gasteiger charge is -2.38. The van der Waals surface area contributed by atoms with Crippen LogP contribution in [0.15, 0.2) is 18.2 Å².